The van der Waals surface area contributed by atoms with E-state index in [0.29, 0.717) is 55.5 Å². The van der Waals surface area contributed by atoms with E-state index in [9.17, 15) is 22.9 Å². The SMILES string of the molecule is Cc1cc(N=Nc2c(S)cc3cc(NC4(C)C=CC(N)=CC4)ccc3c2O)c(C)cc1N=Nc1ccc(Nc2ccc(C(=O)NC3=CC4CC(S)=CC(OS(=O)(=O)O)=C4C=C3)cc2)c(C)c1. The zero-order valence-electron chi connectivity index (χ0n) is 36.2. The second kappa shape index (κ2) is 18.5. The van der Waals surface area contributed by atoms with Crippen LogP contribution in [0.4, 0.5) is 39.8 Å². The quantitative estimate of drug-likeness (QED) is 0.0339. The van der Waals surface area contributed by atoms with Crippen molar-refractivity contribution in [1.29, 1.82) is 0 Å². The lowest BCUT2D eigenvalue weighted by atomic mass is 9.86. The Kier molecular flexibility index (Phi) is 12.8. The molecule has 0 radical (unpaired) electrons. The van der Waals surface area contributed by atoms with Crippen molar-refractivity contribution in [3.05, 3.63) is 171 Å². The standard InChI is InChI=1S/C49H46N8O6S3/c1-27-19-37(11-14-41(27)51-34-7-5-30(6-8-34)48(59)52-35-9-12-39-31(22-35)24-38(64)26-44(39)63-66(60,61)62)54-55-42-20-29(3)43(21-28(42)2)56-57-46-45(65)25-32-23-36(10-13-40(32)47(46)58)53-49(4)17-15-33(50)16-18-49/h5-17,19-23,25-26,31,51,53,58,64-65H,18,24,50H2,1-4H3,(H,52,59)(H,60,61,62). The molecule has 1 amide bonds. The monoisotopic (exact) mass is 938 g/mol. The fourth-order valence-corrected chi connectivity index (χ4v) is 8.70. The first-order chi connectivity index (χ1) is 31.4. The molecule has 17 heteroatoms. The number of amides is 1. The number of carbonyl (C=O) groups is 1. The Labute approximate surface area is 393 Å². The van der Waals surface area contributed by atoms with Crippen LogP contribution in [0.15, 0.2) is 174 Å². The largest absolute Gasteiger partial charge is 0.505 e. The summed E-state index contributed by atoms with van der Waals surface area (Å²) in [5, 5.41) is 40.5. The topological polar surface area (TPSA) is 212 Å². The number of nitrogens with zero attached hydrogens (tertiary/aromatic N) is 4. The molecule has 5 aromatic carbocycles. The number of phenolic OH excluding ortho intramolecular Hbond substituents is 1. The smallest absolute Gasteiger partial charge is 0.446 e. The summed E-state index contributed by atoms with van der Waals surface area (Å²) in [4.78, 5) is 14.2. The molecular formula is C49H46N8O6S3. The lowest BCUT2D eigenvalue weighted by Crippen LogP contribution is -2.33. The van der Waals surface area contributed by atoms with Crippen molar-refractivity contribution in [3.8, 4) is 5.75 Å². The number of benzene rings is 5. The van der Waals surface area contributed by atoms with Crippen LogP contribution in [0.3, 0.4) is 0 Å². The molecule has 8 rings (SSSR count). The molecule has 5 aromatic rings. The molecule has 3 aliphatic rings. The molecule has 0 fully saturated rings. The zero-order valence-corrected chi connectivity index (χ0v) is 38.8. The van der Waals surface area contributed by atoms with E-state index in [1.807, 2.05) is 99.7 Å². The first kappa shape index (κ1) is 45.6. The van der Waals surface area contributed by atoms with Gasteiger partial charge in [0, 0.05) is 55.8 Å². The Morgan fingerprint density at radius 3 is 2.26 bits per heavy atom. The molecule has 2 atom stereocenters. The van der Waals surface area contributed by atoms with Gasteiger partial charge in [-0.3, -0.25) is 9.35 Å². The van der Waals surface area contributed by atoms with Gasteiger partial charge in [0.25, 0.3) is 5.91 Å². The highest BCUT2D eigenvalue weighted by atomic mass is 32.3. The fourth-order valence-electron chi connectivity index (χ4n) is 7.72. The Hall–Kier alpha value is -6.92. The number of allylic oxidation sites excluding steroid dienone is 7. The van der Waals surface area contributed by atoms with Crippen LogP contribution < -0.4 is 21.7 Å². The minimum Gasteiger partial charge on any atom is -0.505 e. The summed E-state index contributed by atoms with van der Waals surface area (Å²) in [7, 11) is -4.72. The number of carbonyl (C=O) groups excluding carboxylic acids is 1. The van der Waals surface area contributed by atoms with Gasteiger partial charge in [0.2, 0.25) is 0 Å². The highest BCUT2D eigenvalue weighted by Crippen LogP contribution is 2.43. The van der Waals surface area contributed by atoms with Crippen molar-refractivity contribution in [3.63, 3.8) is 0 Å². The number of thiol groups is 2. The average molecular weight is 939 g/mol. The predicted octanol–water partition coefficient (Wildman–Crippen LogP) is 12.4. The minimum atomic E-state index is -4.72. The van der Waals surface area contributed by atoms with E-state index in [-0.39, 0.29) is 34.6 Å². The third-order valence-corrected chi connectivity index (χ3v) is 12.3. The third kappa shape index (κ3) is 10.6. The number of nitrogens with one attached hydrogen (secondary N) is 3. The van der Waals surface area contributed by atoms with E-state index in [4.69, 9.17) is 9.92 Å². The van der Waals surface area contributed by atoms with Crippen molar-refractivity contribution in [2.75, 3.05) is 10.6 Å². The summed E-state index contributed by atoms with van der Waals surface area (Å²) >= 11 is 9.03. The highest BCUT2D eigenvalue weighted by Gasteiger charge is 2.27. The van der Waals surface area contributed by atoms with E-state index >= 15 is 0 Å². The first-order valence-corrected chi connectivity index (χ1v) is 23.0. The van der Waals surface area contributed by atoms with Crippen LogP contribution in [-0.4, -0.2) is 29.5 Å². The van der Waals surface area contributed by atoms with Gasteiger partial charge < -0.3 is 31.0 Å². The van der Waals surface area contributed by atoms with Crippen LogP contribution >= 0.6 is 25.3 Å². The van der Waals surface area contributed by atoms with Gasteiger partial charge in [-0.1, -0.05) is 24.3 Å². The molecule has 14 nitrogen and oxygen atoms in total. The van der Waals surface area contributed by atoms with Gasteiger partial charge in [-0.15, -0.1) is 30.4 Å². The molecule has 3 aliphatic carbocycles. The van der Waals surface area contributed by atoms with Crippen molar-refractivity contribution in [2.24, 2.45) is 32.1 Å². The van der Waals surface area contributed by atoms with Crippen LogP contribution in [0.1, 0.15) is 46.8 Å². The number of anilines is 3. The number of rotatable bonds is 12. The van der Waals surface area contributed by atoms with Gasteiger partial charge in [0.05, 0.1) is 22.6 Å². The maximum absolute atomic E-state index is 13.1. The van der Waals surface area contributed by atoms with Crippen molar-refractivity contribution in [2.45, 2.75) is 51.0 Å². The second-order valence-corrected chi connectivity index (χ2v) is 18.6. The number of nitrogens with two attached hydrogens (primary N) is 1. The van der Waals surface area contributed by atoms with Crippen LogP contribution in [0, 0.1) is 26.7 Å². The van der Waals surface area contributed by atoms with Crippen molar-refractivity contribution >= 4 is 92.1 Å². The molecule has 0 saturated heterocycles. The Bertz CT molecular complexity index is 3190. The van der Waals surface area contributed by atoms with Gasteiger partial charge in [-0.05, 0) is 165 Å². The zero-order chi connectivity index (χ0) is 46.9. The molecule has 66 heavy (non-hydrogen) atoms. The van der Waals surface area contributed by atoms with E-state index in [1.165, 1.54) is 6.08 Å². The van der Waals surface area contributed by atoms with E-state index in [1.54, 1.807) is 30.4 Å². The molecule has 0 heterocycles. The van der Waals surface area contributed by atoms with E-state index < -0.39 is 10.4 Å². The summed E-state index contributed by atoms with van der Waals surface area (Å²) in [6, 6.07) is 24.1. The number of fused-ring (bicyclic) bond motifs is 2. The molecule has 0 aliphatic heterocycles. The maximum Gasteiger partial charge on any atom is 0.446 e. The molecule has 336 valence electrons. The highest BCUT2D eigenvalue weighted by molar-refractivity contribution is 7.84. The molecule has 0 spiro atoms. The fraction of sp³-hybridized carbons (Fsp3) is 0.163. The average Bonchev–Trinajstić information content (AvgIpc) is 3.25. The number of azo groups is 2. The van der Waals surface area contributed by atoms with Crippen molar-refractivity contribution < 1.29 is 27.1 Å². The molecule has 0 aromatic heterocycles. The second-order valence-electron chi connectivity index (χ2n) is 16.5. The van der Waals surface area contributed by atoms with Crippen molar-refractivity contribution in [1.82, 2.24) is 5.32 Å². The summed E-state index contributed by atoms with van der Waals surface area (Å²) in [5.41, 5.74) is 15.2. The normalized spacial score (nSPS) is 18.3. The summed E-state index contributed by atoms with van der Waals surface area (Å²) in [5.74, 6) is -0.655. The number of hydrogen-bond acceptors (Lipinski definition) is 14. The van der Waals surface area contributed by atoms with Gasteiger partial charge in [-0.2, -0.15) is 23.8 Å². The van der Waals surface area contributed by atoms with Crippen LogP contribution in [0.2, 0.25) is 0 Å². The molecule has 2 unspecified atom stereocenters. The number of phenols is 1. The molecule has 7 N–H and O–H groups in total. The number of aromatic hydroxyl groups is 1. The first-order valence-electron chi connectivity index (χ1n) is 20.7. The van der Waals surface area contributed by atoms with Gasteiger partial charge >= 0.3 is 10.4 Å². The lowest BCUT2D eigenvalue weighted by molar-refractivity contribution is 0.0967. The van der Waals surface area contributed by atoms with E-state index in [2.05, 4.69) is 74.7 Å². The number of aryl methyl sites for hydroxylation is 3. The predicted molar refractivity (Wildman–Crippen MR) is 266 cm³/mol. The maximum atomic E-state index is 13.1. The molecular weight excluding hydrogens is 893 g/mol. The number of hydrogen-bond donors (Lipinski definition) is 8. The van der Waals surface area contributed by atoms with Gasteiger partial charge in [0.1, 0.15) is 11.4 Å². The third-order valence-electron chi connectivity index (χ3n) is 11.3. The van der Waals surface area contributed by atoms with E-state index in [0.717, 1.165) is 51.3 Å². The van der Waals surface area contributed by atoms with Crippen LogP contribution in [0.5, 0.6) is 5.75 Å². The van der Waals surface area contributed by atoms with Crippen LogP contribution in [0.25, 0.3) is 10.8 Å². The van der Waals surface area contributed by atoms with Gasteiger partial charge in [0.15, 0.2) is 5.75 Å². The Balaban J connectivity index is 0.884. The minimum absolute atomic E-state index is 0.00608. The molecule has 0 bridgehead atoms. The summed E-state index contributed by atoms with van der Waals surface area (Å²) in [6.07, 6.45) is 13.7. The lowest BCUT2D eigenvalue weighted by Gasteiger charge is -2.30. The summed E-state index contributed by atoms with van der Waals surface area (Å²) < 4.78 is 36.6. The Morgan fingerprint density at radius 1 is 0.864 bits per heavy atom. The summed E-state index contributed by atoms with van der Waals surface area (Å²) in [6.45, 7) is 7.90. The van der Waals surface area contributed by atoms with Crippen LogP contribution in [-0.2, 0) is 14.6 Å². The molecule has 0 saturated carbocycles. The Morgan fingerprint density at radius 2 is 1.58 bits per heavy atom. The van der Waals surface area contributed by atoms with Gasteiger partial charge in [-0.25, -0.2) is 0 Å².